The van der Waals surface area contributed by atoms with Gasteiger partial charge in [0.15, 0.2) is 0 Å². The molecule has 0 fully saturated rings. The van der Waals surface area contributed by atoms with Crippen LogP contribution < -0.4 is 5.73 Å². The van der Waals surface area contributed by atoms with E-state index in [0.29, 0.717) is 6.42 Å². The molecule has 0 saturated carbocycles. The molecule has 83 valence electrons. The summed E-state index contributed by atoms with van der Waals surface area (Å²) in [5.74, 6) is 0.903. The zero-order chi connectivity index (χ0) is 11.3. The first kappa shape index (κ1) is 11.9. The van der Waals surface area contributed by atoms with E-state index >= 15 is 0 Å². The summed E-state index contributed by atoms with van der Waals surface area (Å²) in [4.78, 5) is 14.9. The van der Waals surface area contributed by atoms with Gasteiger partial charge in [-0.25, -0.2) is 4.98 Å². The van der Waals surface area contributed by atoms with Crippen molar-refractivity contribution in [1.29, 1.82) is 0 Å². The van der Waals surface area contributed by atoms with Gasteiger partial charge in [0.05, 0.1) is 5.54 Å². The highest BCUT2D eigenvalue weighted by Gasteiger charge is 2.22. The number of aryl methyl sites for hydroxylation is 2. The molecule has 0 spiro atoms. The van der Waals surface area contributed by atoms with Gasteiger partial charge in [-0.3, -0.25) is 0 Å². The van der Waals surface area contributed by atoms with Gasteiger partial charge in [0.1, 0.15) is 18.3 Å². The standard InChI is InChI=1S/C11H18N3O/c1-3-4-11(12,9-15)5-7-14-8-6-13-10(14)2/h8-9H,3-5,7,12H2,1-2H3. The number of hydrogen-bond acceptors (Lipinski definition) is 3. The fraction of sp³-hybridized carbons (Fsp3) is 0.636. The number of nitrogens with two attached hydrogens (primary N) is 1. The number of imidazole rings is 1. The van der Waals surface area contributed by atoms with Crippen LogP contribution in [0.2, 0.25) is 0 Å². The Kier molecular flexibility index (Phi) is 4.03. The van der Waals surface area contributed by atoms with Crippen LogP contribution in [0.15, 0.2) is 6.20 Å². The Labute approximate surface area is 90.5 Å². The first-order valence-corrected chi connectivity index (χ1v) is 5.26. The summed E-state index contributed by atoms with van der Waals surface area (Å²) in [7, 11) is 0. The second kappa shape index (κ2) is 5.07. The summed E-state index contributed by atoms with van der Waals surface area (Å²) in [6.07, 6.45) is 7.72. The van der Waals surface area contributed by atoms with E-state index in [9.17, 15) is 4.79 Å². The molecule has 0 aliphatic heterocycles. The Hall–Kier alpha value is -1.16. The molecule has 1 heterocycles. The lowest BCUT2D eigenvalue weighted by atomic mass is 9.93. The number of aromatic nitrogens is 2. The van der Waals surface area contributed by atoms with Crippen molar-refractivity contribution in [3.63, 3.8) is 0 Å². The van der Waals surface area contributed by atoms with Crippen molar-refractivity contribution in [3.05, 3.63) is 18.2 Å². The van der Waals surface area contributed by atoms with Gasteiger partial charge in [-0.15, -0.1) is 0 Å². The SMILES string of the molecule is CCCC(N)(C=O)CCn1c[c]nc1C. The predicted octanol–water partition coefficient (Wildman–Crippen LogP) is 1.08. The summed E-state index contributed by atoms with van der Waals surface area (Å²) in [5, 5.41) is 0. The molecule has 1 radical (unpaired) electrons. The normalized spacial score (nSPS) is 14.9. The van der Waals surface area contributed by atoms with E-state index in [1.54, 1.807) is 6.20 Å². The van der Waals surface area contributed by atoms with Crippen LogP contribution in [-0.4, -0.2) is 21.4 Å². The third kappa shape index (κ3) is 3.16. The Morgan fingerprint density at radius 1 is 1.67 bits per heavy atom. The van der Waals surface area contributed by atoms with Crippen molar-refractivity contribution in [2.75, 3.05) is 0 Å². The molecule has 1 aromatic rings. The second-order valence-corrected chi connectivity index (χ2v) is 3.96. The quantitative estimate of drug-likeness (QED) is 0.711. The van der Waals surface area contributed by atoms with Gasteiger partial charge in [-0.05, 0) is 19.8 Å². The highest BCUT2D eigenvalue weighted by atomic mass is 16.1. The third-order valence-electron chi connectivity index (χ3n) is 2.62. The molecule has 15 heavy (non-hydrogen) atoms. The summed E-state index contributed by atoms with van der Waals surface area (Å²) in [5.41, 5.74) is 5.27. The molecule has 1 rings (SSSR count). The van der Waals surface area contributed by atoms with Gasteiger partial charge in [0.25, 0.3) is 0 Å². The van der Waals surface area contributed by atoms with E-state index in [4.69, 9.17) is 5.73 Å². The molecular formula is C11H18N3O. The number of carbonyl (C=O) groups excluding carboxylic acids is 1. The van der Waals surface area contributed by atoms with Crippen LogP contribution in [0.25, 0.3) is 0 Å². The van der Waals surface area contributed by atoms with E-state index in [2.05, 4.69) is 11.2 Å². The van der Waals surface area contributed by atoms with Crippen LogP contribution in [0.1, 0.15) is 32.0 Å². The van der Waals surface area contributed by atoms with Crippen molar-refractivity contribution in [2.45, 2.75) is 45.2 Å². The molecule has 0 saturated heterocycles. The lowest BCUT2D eigenvalue weighted by molar-refractivity contribution is -0.112. The van der Waals surface area contributed by atoms with Gasteiger partial charge in [0, 0.05) is 12.7 Å². The molecule has 2 N–H and O–H groups in total. The van der Waals surface area contributed by atoms with E-state index < -0.39 is 5.54 Å². The summed E-state index contributed by atoms with van der Waals surface area (Å²) in [6, 6.07) is 0. The monoisotopic (exact) mass is 208 g/mol. The maximum atomic E-state index is 10.9. The van der Waals surface area contributed by atoms with Crippen molar-refractivity contribution in [1.82, 2.24) is 9.55 Å². The largest absolute Gasteiger partial charge is 0.334 e. The van der Waals surface area contributed by atoms with Gasteiger partial charge < -0.3 is 15.1 Å². The van der Waals surface area contributed by atoms with Crippen LogP contribution in [0.3, 0.4) is 0 Å². The van der Waals surface area contributed by atoms with E-state index in [-0.39, 0.29) is 0 Å². The first-order valence-electron chi connectivity index (χ1n) is 5.26. The van der Waals surface area contributed by atoms with Crippen molar-refractivity contribution < 1.29 is 4.79 Å². The average molecular weight is 208 g/mol. The lowest BCUT2D eigenvalue weighted by Crippen LogP contribution is -2.42. The molecular weight excluding hydrogens is 190 g/mol. The fourth-order valence-corrected chi connectivity index (χ4v) is 1.61. The van der Waals surface area contributed by atoms with Gasteiger partial charge in [-0.2, -0.15) is 0 Å². The maximum Gasteiger partial charge on any atom is 0.139 e. The Bertz CT molecular complexity index is 321. The lowest BCUT2D eigenvalue weighted by Gasteiger charge is -2.22. The maximum absolute atomic E-state index is 10.9. The molecule has 0 aromatic carbocycles. The minimum atomic E-state index is -0.689. The first-order chi connectivity index (χ1) is 7.11. The molecule has 4 nitrogen and oxygen atoms in total. The smallest absolute Gasteiger partial charge is 0.139 e. The van der Waals surface area contributed by atoms with Gasteiger partial charge in [0.2, 0.25) is 0 Å². The molecule has 1 atom stereocenters. The number of hydrogen-bond donors (Lipinski definition) is 1. The summed E-state index contributed by atoms with van der Waals surface area (Å²) in [6.45, 7) is 4.66. The molecule has 4 heteroatoms. The van der Waals surface area contributed by atoms with Gasteiger partial charge >= 0.3 is 0 Å². The Balaban J connectivity index is 2.54. The van der Waals surface area contributed by atoms with Crippen LogP contribution in [0.4, 0.5) is 0 Å². The van der Waals surface area contributed by atoms with Crippen LogP contribution in [0, 0.1) is 13.1 Å². The molecule has 1 aromatic heterocycles. The molecule has 0 aliphatic carbocycles. The van der Waals surface area contributed by atoms with Crippen molar-refractivity contribution >= 4 is 6.29 Å². The van der Waals surface area contributed by atoms with Crippen LogP contribution >= 0.6 is 0 Å². The van der Waals surface area contributed by atoms with Crippen LogP contribution in [0.5, 0.6) is 0 Å². The summed E-state index contributed by atoms with van der Waals surface area (Å²) < 4.78 is 1.96. The van der Waals surface area contributed by atoms with Crippen molar-refractivity contribution in [3.8, 4) is 0 Å². The highest BCUT2D eigenvalue weighted by Crippen LogP contribution is 2.13. The number of rotatable bonds is 6. The Morgan fingerprint density at radius 3 is 2.87 bits per heavy atom. The fourth-order valence-electron chi connectivity index (χ4n) is 1.61. The molecule has 0 aliphatic rings. The van der Waals surface area contributed by atoms with E-state index in [0.717, 1.165) is 31.5 Å². The second-order valence-electron chi connectivity index (χ2n) is 3.96. The van der Waals surface area contributed by atoms with E-state index in [1.165, 1.54) is 0 Å². The van der Waals surface area contributed by atoms with Gasteiger partial charge in [-0.1, -0.05) is 13.3 Å². The zero-order valence-electron chi connectivity index (χ0n) is 9.36. The third-order valence-corrected chi connectivity index (χ3v) is 2.62. The topological polar surface area (TPSA) is 60.9 Å². The predicted molar refractivity (Wildman–Crippen MR) is 58.3 cm³/mol. The highest BCUT2D eigenvalue weighted by molar-refractivity contribution is 5.63. The molecule has 0 bridgehead atoms. The zero-order valence-corrected chi connectivity index (χ0v) is 9.36. The summed E-state index contributed by atoms with van der Waals surface area (Å²) >= 11 is 0. The number of nitrogens with zero attached hydrogens (tertiary/aromatic N) is 2. The number of carbonyl (C=O) groups is 1. The molecule has 0 amide bonds. The Morgan fingerprint density at radius 2 is 2.40 bits per heavy atom. The van der Waals surface area contributed by atoms with Crippen molar-refractivity contribution in [2.24, 2.45) is 5.73 Å². The van der Waals surface area contributed by atoms with E-state index in [1.807, 2.05) is 18.4 Å². The van der Waals surface area contributed by atoms with Crippen LogP contribution in [-0.2, 0) is 11.3 Å². The minimum absolute atomic E-state index is 0.648. The average Bonchev–Trinajstić information content (AvgIpc) is 2.62. The minimum Gasteiger partial charge on any atom is -0.334 e. The number of aldehydes is 1. The molecule has 1 unspecified atom stereocenters.